The third kappa shape index (κ3) is 5.07. The molecular weight excluding hydrogens is 398 g/mol. The van der Waals surface area contributed by atoms with Crippen LogP contribution in [0.1, 0.15) is 51.0 Å². The van der Waals surface area contributed by atoms with Gasteiger partial charge in [-0.05, 0) is 68.2 Å². The second-order valence-electron chi connectivity index (χ2n) is 8.42. The number of nitrogens with zero attached hydrogens (tertiary/aromatic N) is 1. The molecule has 0 aromatic heterocycles. The predicted molar refractivity (Wildman–Crippen MR) is 131 cm³/mol. The topological polar surface area (TPSA) is 38.8 Å². The fourth-order valence-electron chi connectivity index (χ4n) is 4.95. The number of carbonyl (C=O) groups excluding carboxylic acids is 1. The maximum Gasteiger partial charge on any atom is 0.309 e. The number of hydrogen-bond donors (Lipinski definition) is 0. The number of benzene rings is 3. The van der Waals surface area contributed by atoms with Crippen molar-refractivity contribution >= 4 is 22.4 Å². The molecule has 0 saturated heterocycles. The van der Waals surface area contributed by atoms with Crippen LogP contribution >= 0.6 is 0 Å². The lowest BCUT2D eigenvalue weighted by atomic mass is 9.97. The standard InChI is InChI=1S/C28H33NO3/c1-3-29(27-11-7-9-22-8-5-6-10-26(22)27)24-15-12-23(20-24)21-13-16-25(17-14-21)32-19-18-28(30)31-4-2/h5-11,13-14,16-17,23-24H,3-4,12,15,18-20H2,1-2H3. The number of esters is 1. The van der Waals surface area contributed by atoms with Crippen molar-refractivity contribution < 1.29 is 14.3 Å². The molecule has 2 atom stereocenters. The molecule has 0 aliphatic heterocycles. The van der Waals surface area contributed by atoms with Crippen molar-refractivity contribution in [3.05, 3.63) is 72.3 Å². The van der Waals surface area contributed by atoms with Crippen LogP contribution in [-0.2, 0) is 9.53 Å². The number of fused-ring (bicyclic) bond motifs is 1. The van der Waals surface area contributed by atoms with Crippen LogP contribution in [0.15, 0.2) is 66.7 Å². The van der Waals surface area contributed by atoms with Crippen LogP contribution in [0, 0.1) is 0 Å². The van der Waals surface area contributed by atoms with Crippen LogP contribution in [0.5, 0.6) is 5.75 Å². The normalized spacial score (nSPS) is 17.9. The molecule has 0 heterocycles. The van der Waals surface area contributed by atoms with Gasteiger partial charge in [-0.1, -0.05) is 48.5 Å². The summed E-state index contributed by atoms with van der Waals surface area (Å²) in [6.07, 6.45) is 3.86. The van der Waals surface area contributed by atoms with Gasteiger partial charge in [0.2, 0.25) is 0 Å². The van der Waals surface area contributed by atoms with Gasteiger partial charge in [0, 0.05) is 23.7 Å². The Hall–Kier alpha value is -3.01. The Morgan fingerprint density at radius 1 is 0.969 bits per heavy atom. The molecule has 4 heteroatoms. The quantitative estimate of drug-likeness (QED) is 0.371. The van der Waals surface area contributed by atoms with Gasteiger partial charge in [0.25, 0.3) is 0 Å². The Morgan fingerprint density at radius 3 is 2.53 bits per heavy atom. The molecule has 1 fully saturated rings. The average Bonchev–Trinajstić information content (AvgIpc) is 3.30. The van der Waals surface area contributed by atoms with E-state index < -0.39 is 0 Å². The Kier molecular flexibility index (Phi) is 7.31. The molecule has 3 aromatic carbocycles. The van der Waals surface area contributed by atoms with Crippen LogP contribution < -0.4 is 9.64 Å². The van der Waals surface area contributed by atoms with Crippen LogP contribution in [-0.4, -0.2) is 31.8 Å². The summed E-state index contributed by atoms with van der Waals surface area (Å²) in [5.41, 5.74) is 2.72. The first-order chi connectivity index (χ1) is 15.7. The molecule has 168 valence electrons. The lowest BCUT2D eigenvalue weighted by molar-refractivity contribution is -0.143. The highest BCUT2D eigenvalue weighted by molar-refractivity contribution is 5.94. The molecule has 2 unspecified atom stereocenters. The summed E-state index contributed by atoms with van der Waals surface area (Å²) in [4.78, 5) is 14.0. The van der Waals surface area contributed by atoms with E-state index >= 15 is 0 Å². The molecule has 4 rings (SSSR count). The van der Waals surface area contributed by atoms with E-state index in [2.05, 4.69) is 66.4 Å². The lowest BCUT2D eigenvalue weighted by Gasteiger charge is -2.31. The molecule has 3 aromatic rings. The molecule has 1 saturated carbocycles. The number of hydrogen-bond acceptors (Lipinski definition) is 4. The summed E-state index contributed by atoms with van der Waals surface area (Å²) < 4.78 is 10.6. The molecule has 32 heavy (non-hydrogen) atoms. The molecule has 1 aliphatic carbocycles. The Labute approximate surface area is 191 Å². The zero-order valence-corrected chi connectivity index (χ0v) is 19.1. The van der Waals surface area contributed by atoms with Crippen LogP contribution in [0.2, 0.25) is 0 Å². The zero-order chi connectivity index (χ0) is 22.3. The molecule has 0 N–H and O–H groups in total. The zero-order valence-electron chi connectivity index (χ0n) is 19.1. The summed E-state index contributed by atoms with van der Waals surface area (Å²) in [6, 6.07) is 24.3. The summed E-state index contributed by atoms with van der Waals surface area (Å²) in [5, 5.41) is 2.64. The first-order valence-electron chi connectivity index (χ1n) is 11.8. The van der Waals surface area contributed by atoms with Crippen molar-refractivity contribution in [1.29, 1.82) is 0 Å². The fourth-order valence-corrected chi connectivity index (χ4v) is 4.95. The predicted octanol–water partition coefficient (Wildman–Crippen LogP) is 6.33. The third-order valence-electron chi connectivity index (χ3n) is 6.49. The highest BCUT2D eigenvalue weighted by Crippen LogP contribution is 2.40. The van der Waals surface area contributed by atoms with Crippen LogP contribution in [0.25, 0.3) is 10.8 Å². The lowest BCUT2D eigenvalue weighted by Crippen LogP contribution is -2.33. The first kappa shape index (κ1) is 22.2. The Morgan fingerprint density at radius 2 is 1.75 bits per heavy atom. The Balaban J connectivity index is 1.39. The molecule has 0 radical (unpaired) electrons. The number of ether oxygens (including phenoxy) is 2. The van der Waals surface area contributed by atoms with Gasteiger partial charge in [-0.2, -0.15) is 0 Å². The number of carbonyl (C=O) groups is 1. The van der Waals surface area contributed by atoms with Crippen LogP contribution in [0.3, 0.4) is 0 Å². The van der Waals surface area contributed by atoms with Crippen molar-refractivity contribution in [3.63, 3.8) is 0 Å². The van der Waals surface area contributed by atoms with E-state index in [0.29, 0.717) is 25.2 Å². The second-order valence-corrected chi connectivity index (χ2v) is 8.42. The van der Waals surface area contributed by atoms with E-state index in [1.54, 1.807) is 0 Å². The maximum atomic E-state index is 11.4. The minimum Gasteiger partial charge on any atom is -0.493 e. The summed E-state index contributed by atoms with van der Waals surface area (Å²) in [5.74, 6) is 1.16. The third-order valence-corrected chi connectivity index (χ3v) is 6.49. The van der Waals surface area contributed by atoms with Crippen molar-refractivity contribution in [2.45, 2.75) is 51.5 Å². The monoisotopic (exact) mass is 431 g/mol. The van der Waals surface area contributed by atoms with Crippen LogP contribution in [0.4, 0.5) is 5.69 Å². The number of anilines is 1. The van der Waals surface area contributed by atoms with Gasteiger partial charge >= 0.3 is 5.97 Å². The minimum atomic E-state index is -0.215. The van der Waals surface area contributed by atoms with E-state index in [0.717, 1.165) is 12.3 Å². The maximum absolute atomic E-state index is 11.4. The second kappa shape index (κ2) is 10.5. The molecular formula is C28H33NO3. The van der Waals surface area contributed by atoms with Crippen molar-refractivity contribution in [2.24, 2.45) is 0 Å². The highest BCUT2D eigenvalue weighted by Gasteiger charge is 2.30. The highest BCUT2D eigenvalue weighted by atomic mass is 16.5. The van der Waals surface area contributed by atoms with Gasteiger partial charge in [0.15, 0.2) is 0 Å². The van der Waals surface area contributed by atoms with Crippen molar-refractivity contribution in [1.82, 2.24) is 0 Å². The fraction of sp³-hybridized carbons (Fsp3) is 0.393. The number of rotatable bonds is 9. The summed E-state index contributed by atoms with van der Waals surface area (Å²) in [7, 11) is 0. The van der Waals surface area contributed by atoms with Crippen molar-refractivity contribution in [2.75, 3.05) is 24.7 Å². The van der Waals surface area contributed by atoms with Gasteiger partial charge in [-0.3, -0.25) is 4.79 Å². The van der Waals surface area contributed by atoms with Gasteiger partial charge in [-0.15, -0.1) is 0 Å². The van der Waals surface area contributed by atoms with Gasteiger partial charge in [0.05, 0.1) is 19.6 Å². The summed E-state index contributed by atoms with van der Waals surface area (Å²) >= 11 is 0. The molecule has 4 nitrogen and oxygen atoms in total. The van der Waals surface area contributed by atoms with Gasteiger partial charge in [0.1, 0.15) is 5.75 Å². The SMILES string of the molecule is CCOC(=O)CCOc1ccc(C2CCC(N(CC)c3cccc4ccccc34)C2)cc1. The van der Waals surface area contributed by atoms with E-state index in [9.17, 15) is 4.79 Å². The smallest absolute Gasteiger partial charge is 0.309 e. The van der Waals surface area contributed by atoms with E-state index in [-0.39, 0.29) is 12.4 Å². The average molecular weight is 432 g/mol. The van der Waals surface area contributed by atoms with E-state index in [4.69, 9.17) is 9.47 Å². The molecule has 0 bridgehead atoms. The minimum absolute atomic E-state index is 0.215. The van der Waals surface area contributed by atoms with E-state index in [1.807, 2.05) is 19.1 Å². The van der Waals surface area contributed by atoms with Crippen molar-refractivity contribution in [3.8, 4) is 5.75 Å². The van der Waals surface area contributed by atoms with Gasteiger partial charge in [-0.25, -0.2) is 0 Å². The molecule has 1 aliphatic rings. The summed E-state index contributed by atoms with van der Waals surface area (Å²) in [6.45, 7) is 5.84. The first-order valence-corrected chi connectivity index (χ1v) is 11.8. The molecule has 0 amide bonds. The Bertz CT molecular complexity index is 1030. The van der Waals surface area contributed by atoms with Gasteiger partial charge < -0.3 is 14.4 Å². The van der Waals surface area contributed by atoms with E-state index in [1.165, 1.54) is 41.3 Å². The largest absolute Gasteiger partial charge is 0.493 e. The molecule has 0 spiro atoms.